The topological polar surface area (TPSA) is 33.1 Å². The molecule has 3 aromatic rings. The first-order valence-electron chi connectivity index (χ1n) is 6.55. The van der Waals surface area contributed by atoms with Gasteiger partial charge in [-0.25, -0.2) is 0 Å². The molecule has 0 aliphatic carbocycles. The van der Waals surface area contributed by atoms with Crippen LogP contribution in [0.1, 0.15) is 22.9 Å². The molecule has 1 atom stereocenters. The average Bonchev–Trinajstić information content (AvgIpc) is 2.48. The van der Waals surface area contributed by atoms with Crippen LogP contribution in [0, 0.1) is 6.92 Å². The lowest BCUT2D eigenvalue weighted by Crippen LogP contribution is -2.01. The number of nitrogens with zero attached hydrogens (tertiary/aromatic N) is 1. The van der Waals surface area contributed by atoms with Crippen LogP contribution in [-0.4, -0.2) is 10.1 Å². The van der Waals surface area contributed by atoms with Crippen molar-refractivity contribution in [2.24, 2.45) is 0 Å². The van der Waals surface area contributed by atoms with Crippen molar-refractivity contribution in [3.63, 3.8) is 0 Å². The third kappa shape index (κ3) is 2.95. The van der Waals surface area contributed by atoms with Crippen LogP contribution >= 0.6 is 27.5 Å². The number of rotatable bonds is 2. The van der Waals surface area contributed by atoms with Crippen molar-refractivity contribution in [3.05, 3.63) is 74.8 Å². The van der Waals surface area contributed by atoms with E-state index in [1.54, 1.807) is 6.07 Å². The van der Waals surface area contributed by atoms with Gasteiger partial charge in [-0.05, 0) is 48.9 Å². The van der Waals surface area contributed by atoms with E-state index in [1.165, 1.54) is 0 Å². The zero-order valence-corrected chi connectivity index (χ0v) is 13.7. The van der Waals surface area contributed by atoms with Crippen molar-refractivity contribution in [1.82, 2.24) is 4.98 Å². The molecule has 3 rings (SSSR count). The first-order chi connectivity index (χ1) is 10.0. The molecule has 0 fully saturated rings. The molecule has 21 heavy (non-hydrogen) atoms. The van der Waals surface area contributed by atoms with Gasteiger partial charge in [0, 0.05) is 26.1 Å². The molecule has 0 aliphatic heterocycles. The fourth-order valence-electron chi connectivity index (χ4n) is 2.32. The Morgan fingerprint density at radius 3 is 2.71 bits per heavy atom. The first kappa shape index (κ1) is 14.5. The Bertz CT molecular complexity index is 819. The highest BCUT2D eigenvalue weighted by Gasteiger charge is 2.15. The summed E-state index contributed by atoms with van der Waals surface area (Å²) in [5.74, 6) is 0. The van der Waals surface area contributed by atoms with Crippen LogP contribution < -0.4 is 0 Å². The van der Waals surface area contributed by atoms with E-state index < -0.39 is 6.10 Å². The van der Waals surface area contributed by atoms with Gasteiger partial charge in [0.05, 0.1) is 5.52 Å². The number of aliphatic hydroxyl groups is 1. The highest BCUT2D eigenvalue weighted by molar-refractivity contribution is 9.10. The smallest absolute Gasteiger partial charge is 0.106 e. The molecule has 0 saturated heterocycles. The van der Waals surface area contributed by atoms with Crippen LogP contribution in [0.5, 0.6) is 0 Å². The van der Waals surface area contributed by atoms with Gasteiger partial charge in [-0.1, -0.05) is 39.7 Å². The van der Waals surface area contributed by atoms with Gasteiger partial charge in [-0.15, -0.1) is 0 Å². The number of aryl methyl sites for hydroxylation is 1. The van der Waals surface area contributed by atoms with E-state index in [1.807, 2.05) is 49.4 Å². The van der Waals surface area contributed by atoms with E-state index in [2.05, 4.69) is 20.9 Å². The lowest BCUT2D eigenvalue weighted by atomic mass is 10.00. The molecule has 1 aromatic heterocycles. The molecule has 0 amide bonds. The number of aromatic nitrogens is 1. The van der Waals surface area contributed by atoms with Gasteiger partial charge in [0.15, 0.2) is 0 Å². The Hall–Kier alpha value is -1.42. The van der Waals surface area contributed by atoms with Crippen LogP contribution in [0.25, 0.3) is 10.9 Å². The third-order valence-corrected chi connectivity index (χ3v) is 4.26. The zero-order chi connectivity index (χ0) is 15.0. The summed E-state index contributed by atoms with van der Waals surface area (Å²) in [6.07, 6.45) is -0.763. The lowest BCUT2D eigenvalue weighted by Gasteiger charge is -2.14. The summed E-state index contributed by atoms with van der Waals surface area (Å²) < 4.78 is 0.888. The van der Waals surface area contributed by atoms with Gasteiger partial charge in [0.2, 0.25) is 0 Å². The van der Waals surface area contributed by atoms with Gasteiger partial charge >= 0.3 is 0 Å². The Morgan fingerprint density at radius 1 is 1.10 bits per heavy atom. The maximum Gasteiger partial charge on any atom is 0.106 e. The molecular weight excluding hydrogens is 350 g/mol. The quantitative estimate of drug-likeness (QED) is 0.692. The largest absolute Gasteiger partial charge is 0.384 e. The summed E-state index contributed by atoms with van der Waals surface area (Å²) in [4.78, 5) is 4.47. The highest BCUT2D eigenvalue weighted by atomic mass is 79.9. The molecule has 2 nitrogen and oxygen atoms in total. The zero-order valence-electron chi connectivity index (χ0n) is 11.3. The second kappa shape index (κ2) is 5.76. The van der Waals surface area contributed by atoms with E-state index in [-0.39, 0.29) is 0 Å². The van der Waals surface area contributed by atoms with Gasteiger partial charge in [-0.2, -0.15) is 0 Å². The third-order valence-electron chi connectivity index (χ3n) is 3.42. The number of benzene rings is 2. The van der Waals surface area contributed by atoms with Crippen LogP contribution in [0.3, 0.4) is 0 Å². The van der Waals surface area contributed by atoms with E-state index in [0.29, 0.717) is 10.6 Å². The lowest BCUT2D eigenvalue weighted by molar-refractivity contribution is 0.220. The van der Waals surface area contributed by atoms with Gasteiger partial charge in [-0.3, -0.25) is 4.98 Å². The molecule has 4 heteroatoms. The van der Waals surface area contributed by atoms with Crippen molar-refractivity contribution >= 4 is 38.4 Å². The Labute approximate surface area is 136 Å². The number of hydrogen-bond donors (Lipinski definition) is 1. The number of hydrogen-bond acceptors (Lipinski definition) is 2. The van der Waals surface area contributed by atoms with Gasteiger partial charge < -0.3 is 5.11 Å². The maximum atomic E-state index is 10.6. The summed E-state index contributed by atoms with van der Waals surface area (Å²) in [5.41, 5.74) is 3.38. The predicted molar refractivity (Wildman–Crippen MR) is 89.7 cm³/mol. The van der Waals surface area contributed by atoms with Crippen molar-refractivity contribution < 1.29 is 5.11 Å². The Kier molecular flexibility index (Phi) is 3.98. The second-order valence-corrected chi connectivity index (χ2v) is 6.30. The minimum atomic E-state index is -0.763. The van der Waals surface area contributed by atoms with E-state index in [0.717, 1.165) is 26.6 Å². The summed E-state index contributed by atoms with van der Waals surface area (Å²) in [5, 5.41) is 12.1. The Balaban J connectivity index is 2.07. The van der Waals surface area contributed by atoms with Crippen LogP contribution in [0.2, 0.25) is 5.02 Å². The second-order valence-electron chi connectivity index (χ2n) is 4.97. The molecule has 1 N–H and O–H groups in total. The highest BCUT2D eigenvalue weighted by Crippen LogP contribution is 2.31. The number of pyridine rings is 1. The Morgan fingerprint density at radius 2 is 1.90 bits per heavy atom. The monoisotopic (exact) mass is 361 g/mol. The maximum absolute atomic E-state index is 10.6. The normalized spacial score (nSPS) is 12.6. The fraction of sp³-hybridized carbons (Fsp3) is 0.118. The average molecular weight is 363 g/mol. The predicted octanol–water partition coefficient (Wildman–Crippen LogP) is 5.04. The summed E-state index contributed by atoms with van der Waals surface area (Å²) >= 11 is 9.59. The van der Waals surface area contributed by atoms with Crippen LogP contribution in [0.15, 0.2) is 53.0 Å². The fourth-order valence-corrected chi connectivity index (χ4v) is 2.92. The molecule has 0 saturated carbocycles. The van der Waals surface area contributed by atoms with Crippen molar-refractivity contribution in [1.29, 1.82) is 0 Å². The minimum absolute atomic E-state index is 0.549. The van der Waals surface area contributed by atoms with Crippen molar-refractivity contribution in [2.75, 3.05) is 0 Å². The summed E-state index contributed by atoms with van der Waals surface area (Å²) in [6.45, 7) is 1.96. The van der Waals surface area contributed by atoms with E-state index >= 15 is 0 Å². The van der Waals surface area contributed by atoms with Crippen LogP contribution in [0.4, 0.5) is 0 Å². The molecule has 1 heterocycles. The first-order valence-corrected chi connectivity index (χ1v) is 7.72. The minimum Gasteiger partial charge on any atom is -0.384 e. The van der Waals surface area contributed by atoms with Crippen molar-refractivity contribution in [3.8, 4) is 0 Å². The molecule has 1 unspecified atom stereocenters. The summed E-state index contributed by atoms with van der Waals surface area (Å²) in [7, 11) is 0. The molecular formula is C17H13BrClNO. The van der Waals surface area contributed by atoms with E-state index in [4.69, 9.17) is 11.6 Å². The molecule has 2 aromatic carbocycles. The molecule has 0 bridgehead atoms. The van der Waals surface area contributed by atoms with Gasteiger partial charge in [0.1, 0.15) is 6.10 Å². The number of fused-ring (bicyclic) bond motifs is 1. The molecule has 0 spiro atoms. The van der Waals surface area contributed by atoms with E-state index in [9.17, 15) is 5.11 Å². The summed E-state index contributed by atoms with van der Waals surface area (Å²) in [6, 6.07) is 15.2. The SMILES string of the molecule is Cc1ccc2cc(C(O)c3cc(Br)ccc3Cl)ccc2n1. The molecule has 0 radical (unpaired) electrons. The van der Waals surface area contributed by atoms with Crippen LogP contribution in [-0.2, 0) is 0 Å². The molecule has 106 valence electrons. The number of aliphatic hydroxyl groups excluding tert-OH is 1. The molecule has 0 aliphatic rings. The van der Waals surface area contributed by atoms with Crippen molar-refractivity contribution in [2.45, 2.75) is 13.0 Å². The van der Waals surface area contributed by atoms with Gasteiger partial charge in [0.25, 0.3) is 0 Å². The standard InChI is InChI=1S/C17H13BrClNO/c1-10-2-3-11-8-12(4-7-16(11)20-10)17(21)14-9-13(18)5-6-15(14)19/h2-9,17,21H,1H3. The number of halogens is 2.